The summed E-state index contributed by atoms with van der Waals surface area (Å²) in [6.07, 6.45) is 5.39. The highest BCUT2D eigenvalue weighted by atomic mass is 32.2. The molecule has 0 atom stereocenters. The van der Waals surface area contributed by atoms with Crippen LogP contribution in [-0.2, 0) is 10.0 Å². The molecule has 0 spiro atoms. The maximum atomic E-state index is 13.6. The lowest BCUT2D eigenvalue weighted by Crippen LogP contribution is -2.36. The molecule has 2 aromatic carbocycles. The number of hydrogen-bond donors (Lipinski definition) is 2. The highest BCUT2D eigenvalue weighted by Gasteiger charge is 2.19. The summed E-state index contributed by atoms with van der Waals surface area (Å²) >= 11 is 0. The van der Waals surface area contributed by atoms with Gasteiger partial charge in [0.25, 0.3) is 15.9 Å². The second-order valence-electron chi connectivity index (χ2n) is 6.42. The summed E-state index contributed by atoms with van der Waals surface area (Å²) in [5.74, 6) is -0.859. The summed E-state index contributed by atoms with van der Waals surface area (Å²) in [6, 6.07) is 11.4. The number of benzene rings is 2. The lowest BCUT2D eigenvalue weighted by atomic mass is 9.95. The van der Waals surface area contributed by atoms with Gasteiger partial charge in [-0.2, -0.15) is 0 Å². The van der Waals surface area contributed by atoms with Gasteiger partial charge in [-0.3, -0.25) is 9.52 Å². The first-order chi connectivity index (χ1) is 12.5. The predicted molar refractivity (Wildman–Crippen MR) is 98.0 cm³/mol. The first-order valence-electron chi connectivity index (χ1n) is 8.64. The molecule has 0 aliphatic heterocycles. The zero-order chi connectivity index (χ0) is 18.6. The van der Waals surface area contributed by atoms with Crippen molar-refractivity contribution < 1.29 is 17.6 Å². The first-order valence-corrected chi connectivity index (χ1v) is 10.1. The molecular weight excluding hydrogens is 355 g/mol. The summed E-state index contributed by atoms with van der Waals surface area (Å²) in [6.45, 7) is 0. The second kappa shape index (κ2) is 7.86. The predicted octanol–water partition coefficient (Wildman–Crippen LogP) is 3.69. The molecule has 0 unspecified atom stereocenters. The largest absolute Gasteiger partial charge is 0.349 e. The van der Waals surface area contributed by atoms with Crippen LogP contribution in [0.25, 0.3) is 0 Å². The Balaban J connectivity index is 1.70. The van der Waals surface area contributed by atoms with E-state index in [1.165, 1.54) is 48.9 Å². The maximum Gasteiger partial charge on any atom is 0.261 e. The second-order valence-corrected chi connectivity index (χ2v) is 8.10. The molecule has 26 heavy (non-hydrogen) atoms. The van der Waals surface area contributed by atoms with Crippen molar-refractivity contribution in [3.8, 4) is 0 Å². The fraction of sp³-hybridized carbons (Fsp3) is 0.316. The Hall–Kier alpha value is -2.41. The number of carbonyl (C=O) groups excluding carboxylic acids is 1. The molecule has 1 fully saturated rings. The summed E-state index contributed by atoms with van der Waals surface area (Å²) in [4.78, 5) is 12.3. The minimum atomic E-state index is -3.93. The van der Waals surface area contributed by atoms with Crippen LogP contribution in [0, 0.1) is 5.82 Å². The standard InChI is InChI=1S/C19H21FN2O3S/c20-17-8-4-5-9-18(17)22-26(24,25)16-12-10-14(11-13-16)19(23)21-15-6-2-1-3-7-15/h4-5,8-13,15,22H,1-3,6-7H2,(H,21,23). The Bertz CT molecular complexity index is 876. The van der Waals surface area contributed by atoms with E-state index in [1.807, 2.05) is 0 Å². The van der Waals surface area contributed by atoms with E-state index < -0.39 is 15.8 Å². The third-order valence-electron chi connectivity index (χ3n) is 4.49. The van der Waals surface area contributed by atoms with Gasteiger partial charge in [-0.1, -0.05) is 31.4 Å². The van der Waals surface area contributed by atoms with Crippen molar-refractivity contribution in [3.05, 3.63) is 59.9 Å². The van der Waals surface area contributed by atoms with Crippen LogP contribution < -0.4 is 10.0 Å². The van der Waals surface area contributed by atoms with Crippen LogP contribution in [0.4, 0.5) is 10.1 Å². The van der Waals surface area contributed by atoms with Gasteiger partial charge in [0.05, 0.1) is 10.6 Å². The molecule has 0 radical (unpaired) electrons. The number of nitrogens with one attached hydrogen (secondary N) is 2. The van der Waals surface area contributed by atoms with Crippen molar-refractivity contribution in [2.45, 2.75) is 43.0 Å². The smallest absolute Gasteiger partial charge is 0.261 e. The van der Waals surface area contributed by atoms with Crippen molar-refractivity contribution in [1.82, 2.24) is 5.32 Å². The van der Waals surface area contributed by atoms with E-state index in [0.29, 0.717) is 5.56 Å². The van der Waals surface area contributed by atoms with Crippen LogP contribution in [0.1, 0.15) is 42.5 Å². The summed E-state index contributed by atoms with van der Waals surface area (Å²) < 4.78 is 40.6. The van der Waals surface area contributed by atoms with E-state index in [0.717, 1.165) is 25.7 Å². The Morgan fingerprint density at radius 3 is 2.27 bits per heavy atom. The molecule has 1 aliphatic rings. The van der Waals surface area contributed by atoms with E-state index in [9.17, 15) is 17.6 Å². The molecule has 1 saturated carbocycles. The fourth-order valence-electron chi connectivity index (χ4n) is 3.05. The number of carbonyl (C=O) groups is 1. The quantitative estimate of drug-likeness (QED) is 0.836. The van der Waals surface area contributed by atoms with Crippen LogP contribution in [0.2, 0.25) is 0 Å². The third kappa shape index (κ3) is 4.40. The molecule has 2 N–H and O–H groups in total. The average Bonchev–Trinajstić information content (AvgIpc) is 2.64. The number of anilines is 1. The Morgan fingerprint density at radius 2 is 1.62 bits per heavy atom. The minimum absolute atomic E-state index is 0.0324. The van der Waals surface area contributed by atoms with Gasteiger partial charge in [-0.15, -0.1) is 0 Å². The Kier molecular flexibility index (Phi) is 5.56. The first kappa shape index (κ1) is 18.4. The number of halogens is 1. The molecule has 138 valence electrons. The SMILES string of the molecule is O=C(NC1CCCCC1)c1ccc(S(=O)(=O)Nc2ccccc2F)cc1. The summed E-state index contributed by atoms with van der Waals surface area (Å²) in [5, 5.41) is 2.99. The molecule has 7 heteroatoms. The third-order valence-corrected chi connectivity index (χ3v) is 5.87. The lowest BCUT2D eigenvalue weighted by Gasteiger charge is -2.22. The van der Waals surface area contributed by atoms with Crippen molar-refractivity contribution in [3.63, 3.8) is 0 Å². The van der Waals surface area contributed by atoms with Gasteiger partial charge in [-0.05, 0) is 49.2 Å². The van der Waals surface area contributed by atoms with Crippen molar-refractivity contribution in [2.75, 3.05) is 4.72 Å². The number of para-hydroxylation sites is 1. The van der Waals surface area contributed by atoms with Crippen molar-refractivity contribution >= 4 is 21.6 Å². The van der Waals surface area contributed by atoms with Gasteiger partial charge in [-0.25, -0.2) is 12.8 Å². The molecule has 1 aliphatic carbocycles. The summed E-state index contributed by atoms with van der Waals surface area (Å²) in [5.41, 5.74) is 0.284. The van der Waals surface area contributed by atoms with E-state index in [2.05, 4.69) is 10.0 Å². The van der Waals surface area contributed by atoms with Gasteiger partial charge in [0, 0.05) is 11.6 Å². The number of sulfonamides is 1. The minimum Gasteiger partial charge on any atom is -0.349 e. The molecule has 0 aromatic heterocycles. The lowest BCUT2D eigenvalue weighted by molar-refractivity contribution is 0.0927. The van der Waals surface area contributed by atoms with Gasteiger partial charge in [0.1, 0.15) is 5.82 Å². The Labute approximate surface area is 152 Å². The fourth-order valence-corrected chi connectivity index (χ4v) is 4.12. The zero-order valence-corrected chi connectivity index (χ0v) is 15.1. The molecule has 0 heterocycles. The average molecular weight is 376 g/mol. The van der Waals surface area contributed by atoms with E-state index in [4.69, 9.17) is 0 Å². The van der Waals surface area contributed by atoms with Gasteiger partial charge in [0.15, 0.2) is 0 Å². The van der Waals surface area contributed by atoms with Crippen LogP contribution in [-0.4, -0.2) is 20.4 Å². The highest BCUT2D eigenvalue weighted by Crippen LogP contribution is 2.20. The van der Waals surface area contributed by atoms with Crippen molar-refractivity contribution in [2.24, 2.45) is 0 Å². The molecule has 0 saturated heterocycles. The molecule has 0 bridgehead atoms. The van der Waals surface area contributed by atoms with Gasteiger partial charge in [0.2, 0.25) is 0 Å². The summed E-state index contributed by atoms with van der Waals surface area (Å²) in [7, 11) is -3.93. The number of amides is 1. The molecule has 3 rings (SSSR count). The monoisotopic (exact) mass is 376 g/mol. The topological polar surface area (TPSA) is 75.3 Å². The van der Waals surface area contributed by atoms with E-state index in [1.54, 1.807) is 6.07 Å². The van der Waals surface area contributed by atoms with Crippen LogP contribution in [0.5, 0.6) is 0 Å². The normalized spacial score (nSPS) is 15.4. The molecule has 1 amide bonds. The van der Waals surface area contributed by atoms with Gasteiger partial charge < -0.3 is 5.32 Å². The van der Waals surface area contributed by atoms with E-state index >= 15 is 0 Å². The van der Waals surface area contributed by atoms with Crippen molar-refractivity contribution in [1.29, 1.82) is 0 Å². The van der Waals surface area contributed by atoms with Gasteiger partial charge >= 0.3 is 0 Å². The van der Waals surface area contributed by atoms with Crippen LogP contribution in [0.3, 0.4) is 0 Å². The number of hydrogen-bond acceptors (Lipinski definition) is 3. The Morgan fingerprint density at radius 1 is 0.962 bits per heavy atom. The maximum absolute atomic E-state index is 13.6. The van der Waals surface area contributed by atoms with E-state index in [-0.39, 0.29) is 22.5 Å². The van der Waals surface area contributed by atoms with Crippen LogP contribution in [0.15, 0.2) is 53.4 Å². The van der Waals surface area contributed by atoms with Crippen LogP contribution >= 0.6 is 0 Å². The molecule has 5 nitrogen and oxygen atoms in total. The zero-order valence-electron chi connectivity index (χ0n) is 14.2. The highest BCUT2D eigenvalue weighted by molar-refractivity contribution is 7.92. The molecule has 2 aromatic rings. The molecular formula is C19H21FN2O3S. The number of rotatable bonds is 5.